The summed E-state index contributed by atoms with van der Waals surface area (Å²) >= 11 is 5.85. The first kappa shape index (κ1) is 21.3. The van der Waals surface area contributed by atoms with Crippen LogP contribution < -0.4 is 14.8 Å². The predicted octanol–water partition coefficient (Wildman–Crippen LogP) is 3.27. The third-order valence-electron chi connectivity index (χ3n) is 4.08. The minimum Gasteiger partial charge on any atom is -0.489 e. The average molecular weight is 439 g/mol. The molecule has 3 rings (SSSR count). The van der Waals surface area contributed by atoms with Crippen LogP contribution in [0.4, 0.5) is 15.8 Å². The Labute approximate surface area is 174 Å². The van der Waals surface area contributed by atoms with Crippen molar-refractivity contribution in [1.82, 2.24) is 0 Å². The van der Waals surface area contributed by atoms with Crippen LogP contribution in [0.2, 0.25) is 5.02 Å². The number of hydrogen-bond donors (Lipinski definition) is 1. The van der Waals surface area contributed by atoms with Crippen LogP contribution >= 0.6 is 11.6 Å². The van der Waals surface area contributed by atoms with Crippen molar-refractivity contribution in [2.75, 3.05) is 25.1 Å². The van der Waals surface area contributed by atoms with E-state index < -0.39 is 41.3 Å². The van der Waals surface area contributed by atoms with Gasteiger partial charge in [0.2, 0.25) is 0 Å². The summed E-state index contributed by atoms with van der Waals surface area (Å²) in [6.07, 6.45) is 0.134. The Morgan fingerprint density at radius 1 is 1.23 bits per heavy atom. The summed E-state index contributed by atoms with van der Waals surface area (Å²) in [5.74, 6) is -1.93. The van der Waals surface area contributed by atoms with Crippen LogP contribution in [0, 0.1) is 15.9 Å². The highest BCUT2D eigenvalue weighted by Crippen LogP contribution is 2.39. The van der Waals surface area contributed by atoms with Crippen LogP contribution in [0.3, 0.4) is 0 Å². The van der Waals surface area contributed by atoms with E-state index in [1.807, 2.05) is 0 Å². The van der Waals surface area contributed by atoms with Gasteiger partial charge in [0.1, 0.15) is 11.5 Å². The first-order chi connectivity index (χ1) is 14.3. The predicted molar refractivity (Wildman–Crippen MR) is 103 cm³/mol. The van der Waals surface area contributed by atoms with Crippen molar-refractivity contribution in [2.45, 2.75) is 12.8 Å². The van der Waals surface area contributed by atoms with Crippen molar-refractivity contribution >= 4 is 34.9 Å². The number of rotatable bonds is 6. The van der Waals surface area contributed by atoms with Gasteiger partial charge in [-0.3, -0.25) is 19.7 Å². The minimum atomic E-state index is -0.884. The first-order valence-corrected chi connectivity index (χ1v) is 9.19. The number of anilines is 1. The third kappa shape index (κ3) is 5.15. The highest BCUT2D eigenvalue weighted by Gasteiger charge is 2.23. The Bertz CT molecular complexity index is 979. The number of nitrogens with one attached hydrogen (secondary N) is 1. The SMILES string of the molecule is O=C(COC(=O)Cc1c(F)cccc1Cl)Nc1cc2c(cc1[N+](=O)[O-])OCCCO2. The van der Waals surface area contributed by atoms with Crippen LogP contribution in [0.15, 0.2) is 30.3 Å². The van der Waals surface area contributed by atoms with Crippen LogP contribution in [-0.4, -0.2) is 36.6 Å². The fourth-order valence-electron chi connectivity index (χ4n) is 2.68. The molecule has 1 N–H and O–H groups in total. The molecule has 0 unspecified atom stereocenters. The zero-order valence-electron chi connectivity index (χ0n) is 15.5. The Kier molecular flexibility index (Phi) is 6.68. The highest BCUT2D eigenvalue weighted by atomic mass is 35.5. The zero-order valence-corrected chi connectivity index (χ0v) is 16.2. The number of carbonyl (C=O) groups is 2. The molecule has 0 radical (unpaired) electrons. The second kappa shape index (κ2) is 9.40. The molecule has 0 fully saturated rings. The quantitative estimate of drug-likeness (QED) is 0.418. The molecule has 0 aromatic heterocycles. The molecular weight excluding hydrogens is 423 g/mol. The topological polar surface area (TPSA) is 117 Å². The number of halogens is 2. The Hall–Kier alpha value is -3.40. The molecule has 1 amide bonds. The summed E-state index contributed by atoms with van der Waals surface area (Å²) < 4.78 is 29.4. The molecule has 158 valence electrons. The van der Waals surface area contributed by atoms with Crippen molar-refractivity contribution in [1.29, 1.82) is 0 Å². The third-order valence-corrected chi connectivity index (χ3v) is 4.44. The van der Waals surface area contributed by atoms with Gasteiger partial charge in [-0.2, -0.15) is 0 Å². The molecule has 1 aliphatic rings. The fraction of sp³-hybridized carbons (Fsp3) is 0.263. The van der Waals surface area contributed by atoms with E-state index in [0.29, 0.717) is 19.6 Å². The van der Waals surface area contributed by atoms with Crippen LogP contribution in [-0.2, 0) is 20.7 Å². The molecule has 11 heteroatoms. The molecule has 0 spiro atoms. The number of nitro benzene ring substituents is 1. The second-order valence-corrected chi connectivity index (χ2v) is 6.62. The smallest absolute Gasteiger partial charge is 0.310 e. The molecule has 2 aromatic rings. The Morgan fingerprint density at radius 3 is 2.60 bits per heavy atom. The van der Waals surface area contributed by atoms with Crippen molar-refractivity contribution in [3.05, 3.63) is 56.8 Å². The molecule has 1 heterocycles. The maximum atomic E-state index is 13.7. The maximum absolute atomic E-state index is 13.7. The number of hydrogen-bond acceptors (Lipinski definition) is 7. The van der Waals surface area contributed by atoms with Crippen molar-refractivity contribution in [3.8, 4) is 11.5 Å². The Morgan fingerprint density at radius 2 is 1.93 bits per heavy atom. The van der Waals surface area contributed by atoms with E-state index >= 15 is 0 Å². The van der Waals surface area contributed by atoms with Gasteiger partial charge in [-0.15, -0.1) is 0 Å². The van der Waals surface area contributed by atoms with E-state index in [9.17, 15) is 24.1 Å². The summed E-state index contributed by atoms with van der Waals surface area (Å²) in [4.78, 5) is 34.7. The standard InChI is InChI=1S/C19H16ClFN2O7/c20-12-3-1-4-13(21)11(12)7-19(25)30-10-18(24)22-14-8-16-17(9-15(14)23(26)27)29-6-2-5-28-16/h1,3-4,8-9H,2,5-7,10H2,(H,22,24). The van der Waals surface area contributed by atoms with Gasteiger partial charge in [-0.25, -0.2) is 4.39 Å². The number of nitro groups is 1. The molecule has 1 aliphatic heterocycles. The number of carbonyl (C=O) groups excluding carboxylic acids is 2. The van der Waals surface area contributed by atoms with Gasteiger partial charge >= 0.3 is 5.97 Å². The van der Waals surface area contributed by atoms with E-state index in [-0.39, 0.29) is 27.8 Å². The van der Waals surface area contributed by atoms with Gasteiger partial charge in [-0.05, 0) is 12.1 Å². The van der Waals surface area contributed by atoms with E-state index in [2.05, 4.69) is 5.32 Å². The zero-order chi connectivity index (χ0) is 21.7. The van der Waals surface area contributed by atoms with Crippen molar-refractivity contribution < 1.29 is 33.1 Å². The van der Waals surface area contributed by atoms with E-state index in [1.54, 1.807) is 0 Å². The largest absolute Gasteiger partial charge is 0.489 e. The number of fused-ring (bicyclic) bond motifs is 1. The number of nitrogens with zero attached hydrogens (tertiary/aromatic N) is 1. The van der Waals surface area contributed by atoms with Crippen molar-refractivity contribution in [2.24, 2.45) is 0 Å². The normalized spacial score (nSPS) is 12.6. The molecule has 9 nitrogen and oxygen atoms in total. The lowest BCUT2D eigenvalue weighted by Gasteiger charge is -2.11. The Balaban J connectivity index is 1.65. The molecule has 0 saturated heterocycles. The van der Waals surface area contributed by atoms with Gasteiger partial charge in [0, 0.05) is 23.1 Å². The average Bonchev–Trinajstić information content (AvgIpc) is 2.93. The number of benzene rings is 2. The van der Waals surface area contributed by atoms with E-state index in [4.69, 9.17) is 25.8 Å². The number of amides is 1. The van der Waals surface area contributed by atoms with Gasteiger partial charge in [0.25, 0.3) is 11.6 Å². The fourth-order valence-corrected chi connectivity index (χ4v) is 2.91. The first-order valence-electron chi connectivity index (χ1n) is 8.81. The second-order valence-electron chi connectivity index (χ2n) is 6.21. The summed E-state index contributed by atoms with van der Waals surface area (Å²) in [5, 5.41) is 13.7. The monoisotopic (exact) mass is 438 g/mol. The summed E-state index contributed by atoms with van der Waals surface area (Å²) in [5.41, 5.74) is -0.595. The van der Waals surface area contributed by atoms with E-state index in [0.717, 1.165) is 12.1 Å². The van der Waals surface area contributed by atoms with Gasteiger partial charge in [0.05, 0.1) is 30.6 Å². The lowest BCUT2D eigenvalue weighted by molar-refractivity contribution is -0.384. The summed E-state index contributed by atoms with van der Waals surface area (Å²) in [7, 11) is 0. The number of ether oxygens (including phenoxy) is 3. The lowest BCUT2D eigenvalue weighted by atomic mass is 10.1. The van der Waals surface area contributed by atoms with Gasteiger partial charge in [-0.1, -0.05) is 17.7 Å². The maximum Gasteiger partial charge on any atom is 0.310 e. The van der Waals surface area contributed by atoms with Gasteiger partial charge < -0.3 is 19.5 Å². The summed E-state index contributed by atoms with van der Waals surface area (Å²) in [6.45, 7) is -0.0250. The number of esters is 1. The molecule has 0 atom stereocenters. The summed E-state index contributed by atoms with van der Waals surface area (Å²) in [6, 6.07) is 6.38. The van der Waals surface area contributed by atoms with Gasteiger partial charge in [0.15, 0.2) is 18.1 Å². The molecule has 0 saturated carbocycles. The molecule has 30 heavy (non-hydrogen) atoms. The van der Waals surface area contributed by atoms with Crippen LogP contribution in [0.25, 0.3) is 0 Å². The molecule has 0 aliphatic carbocycles. The minimum absolute atomic E-state index is 0.0527. The molecule has 2 aromatic carbocycles. The van der Waals surface area contributed by atoms with Crippen LogP contribution in [0.1, 0.15) is 12.0 Å². The lowest BCUT2D eigenvalue weighted by Crippen LogP contribution is -2.22. The van der Waals surface area contributed by atoms with Crippen LogP contribution in [0.5, 0.6) is 11.5 Å². The molecular formula is C19H16ClFN2O7. The molecule has 0 bridgehead atoms. The highest BCUT2D eigenvalue weighted by molar-refractivity contribution is 6.31. The van der Waals surface area contributed by atoms with Crippen molar-refractivity contribution in [3.63, 3.8) is 0 Å². The van der Waals surface area contributed by atoms with E-state index in [1.165, 1.54) is 18.2 Å².